The van der Waals surface area contributed by atoms with E-state index in [4.69, 9.17) is 29.2 Å². The minimum Gasteiger partial charge on any atom is -0.507 e. The van der Waals surface area contributed by atoms with Crippen LogP contribution in [0.25, 0.3) is 50.9 Å². The maximum Gasteiger partial charge on any atom is 0.338 e. The highest BCUT2D eigenvalue weighted by molar-refractivity contribution is 6.01. The van der Waals surface area contributed by atoms with Crippen LogP contribution in [-0.2, 0) is 14.2 Å². The van der Waals surface area contributed by atoms with Gasteiger partial charge in [0, 0.05) is 16.7 Å². The Bertz CT molecular complexity index is 2480. The van der Waals surface area contributed by atoms with Crippen LogP contribution >= 0.6 is 0 Å². The monoisotopic (exact) mass is 1070 g/mol. The zero-order valence-corrected chi connectivity index (χ0v) is 50.1. The average Bonchev–Trinajstić information content (AvgIpc) is 3.41. The Balaban J connectivity index is 2.05. The number of allylic oxidation sites excluding steroid dienone is 6. The van der Waals surface area contributed by atoms with Crippen molar-refractivity contribution in [3.8, 4) is 51.4 Å². The summed E-state index contributed by atoms with van der Waals surface area (Å²) in [5.74, 6) is -0.845. The van der Waals surface area contributed by atoms with E-state index in [9.17, 15) is 29.7 Å². The van der Waals surface area contributed by atoms with Gasteiger partial charge < -0.3 is 29.5 Å². The number of aromatic nitrogens is 3. The topological polar surface area (TPSA) is 178 Å². The van der Waals surface area contributed by atoms with Gasteiger partial charge >= 0.3 is 17.9 Å². The van der Waals surface area contributed by atoms with E-state index < -0.39 is 17.9 Å². The van der Waals surface area contributed by atoms with Gasteiger partial charge in [0.15, 0.2) is 17.5 Å². The number of benzene rings is 3. The highest BCUT2D eigenvalue weighted by atomic mass is 16.5. The number of rotatable bonds is 30. The largest absolute Gasteiger partial charge is 0.507 e. The van der Waals surface area contributed by atoms with Gasteiger partial charge in [-0.15, -0.1) is 0 Å². The summed E-state index contributed by atoms with van der Waals surface area (Å²) in [6.45, 7) is 31.2. The lowest BCUT2D eigenvalue weighted by atomic mass is 9.90. The fourth-order valence-electron chi connectivity index (χ4n) is 10.0. The summed E-state index contributed by atoms with van der Waals surface area (Å²) in [5.41, 5.74) is 6.71. The van der Waals surface area contributed by atoms with Gasteiger partial charge in [0.2, 0.25) is 0 Å². The minimum atomic E-state index is -0.568. The molecule has 4 rings (SSSR count). The Labute approximate surface area is 467 Å². The SMILES string of the molecule is CCC(=C(C)C)c1c(C(=O)OCCCCCC(C)C)ccc(-c2nc(-c3ccc(C(=O)OCCCCCC(C)C)c(C(CC)=C(C)C)c3O)nc(-c3ccc(C(=O)OCCCCCC(C)C)c(C(CC)=C(C)C)c3O)n2)c1O. The van der Waals surface area contributed by atoms with E-state index in [2.05, 4.69) is 41.5 Å². The Kier molecular flexibility index (Phi) is 25.8. The number of carbonyl (C=O) groups excluding carboxylic acids is 3. The van der Waals surface area contributed by atoms with Gasteiger partial charge in [-0.3, -0.25) is 0 Å². The number of ether oxygens (including phenoxy) is 3. The average molecular weight is 1070 g/mol. The van der Waals surface area contributed by atoms with Gasteiger partial charge in [-0.2, -0.15) is 0 Å². The number of phenolic OH excluding ortho intramolecular Hbond substituents is 3. The third kappa shape index (κ3) is 17.3. The summed E-state index contributed by atoms with van der Waals surface area (Å²) < 4.78 is 17.5. The molecule has 426 valence electrons. The fourth-order valence-corrected chi connectivity index (χ4v) is 10.0. The first kappa shape index (κ1) is 64.2. The van der Waals surface area contributed by atoms with Crippen molar-refractivity contribution >= 4 is 34.6 Å². The number of unbranched alkanes of at least 4 members (excludes halogenated alkanes) is 6. The van der Waals surface area contributed by atoms with Crippen LogP contribution in [-0.4, -0.2) is 68.0 Å². The van der Waals surface area contributed by atoms with Crippen LogP contribution in [0.2, 0.25) is 0 Å². The lowest BCUT2D eigenvalue weighted by molar-refractivity contribution is 0.0487. The first-order chi connectivity index (χ1) is 37.1. The summed E-state index contributed by atoms with van der Waals surface area (Å²) in [7, 11) is 0. The molecule has 0 saturated carbocycles. The molecule has 3 aromatic carbocycles. The quantitative estimate of drug-likeness (QED) is 0.0256. The fraction of sp³-hybridized carbons (Fsp3) is 0.545. The van der Waals surface area contributed by atoms with Crippen molar-refractivity contribution in [3.05, 3.63) is 86.5 Å². The molecule has 0 spiro atoms. The summed E-state index contributed by atoms with van der Waals surface area (Å²) in [6, 6.07) is 9.53. The van der Waals surface area contributed by atoms with E-state index in [1.54, 1.807) is 36.4 Å². The highest BCUT2D eigenvalue weighted by Crippen LogP contribution is 2.45. The maximum absolute atomic E-state index is 14.0. The third-order valence-electron chi connectivity index (χ3n) is 14.3. The van der Waals surface area contributed by atoms with Crippen molar-refractivity contribution < 1.29 is 43.9 Å². The normalized spacial score (nSPS) is 11.3. The third-order valence-corrected chi connectivity index (χ3v) is 14.3. The van der Waals surface area contributed by atoms with Crippen LogP contribution in [0.5, 0.6) is 17.2 Å². The molecule has 4 aromatic rings. The lowest BCUT2D eigenvalue weighted by Gasteiger charge is -2.20. The Morgan fingerprint density at radius 1 is 0.397 bits per heavy atom. The van der Waals surface area contributed by atoms with Crippen molar-refractivity contribution in [2.45, 2.75) is 200 Å². The van der Waals surface area contributed by atoms with E-state index in [1.165, 1.54) is 0 Å². The van der Waals surface area contributed by atoms with Crippen LogP contribution < -0.4 is 0 Å². The molecule has 12 heteroatoms. The van der Waals surface area contributed by atoms with Gasteiger partial charge in [0.1, 0.15) is 17.2 Å². The summed E-state index contributed by atoms with van der Waals surface area (Å²) in [5, 5.41) is 37.8. The molecule has 0 unspecified atom stereocenters. The minimum absolute atomic E-state index is 0.0392. The molecule has 1 heterocycles. The van der Waals surface area contributed by atoms with E-state index in [0.29, 0.717) is 56.3 Å². The second-order valence-electron chi connectivity index (χ2n) is 22.6. The smallest absolute Gasteiger partial charge is 0.338 e. The van der Waals surface area contributed by atoms with Gasteiger partial charge in [-0.1, -0.05) is 137 Å². The predicted octanol–water partition coefficient (Wildman–Crippen LogP) is 17.7. The number of carbonyl (C=O) groups is 3. The number of hydrogen-bond donors (Lipinski definition) is 3. The molecular formula is C66H93N3O9. The number of aromatic hydroxyl groups is 3. The lowest BCUT2D eigenvalue weighted by Crippen LogP contribution is -2.12. The second-order valence-corrected chi connectivity index (χ2v) is 22.6. The molecule has 0 fully saturated rings. The predicted molar refractivity (Wildman–Crippen MR) is 318 cm³/mol. The van der Waals surface area contributed by atoms with Gasteiger partial charge in [0.25, 0.3) is 0 Å². The molecule has 0 radical (unpaired) electrons. The molecule has 0 saturated heterocycles. The van der Waals surface area contributed by atoms with Crippen molar-refractivity contribution in [3.63, 3.8) is 0 Å². The van der Waals surface area contributed by atoms with Crippen LogP contribution in [0.4, 0.5) is 0 Å². The second kappa shape index (κ2) is 31.3. The van der Waals surface area contributed by atoms with Gasteiger partial charge in [0.05, 0.1) is 53.2 Å². The molecule has 78 heavy (non-hydrogen) atoms. The van der Waals surface area contributed by atoms with Crippen molar-refractivity contribution in [2.24, 2.45) is 17.8 Å². The molecular weight excluding hydrogens is 979 g/mol. The number of hydrogen-bond acceptors (Lipinski definition) is 12. The number of nitrogens with zero attached hydrogens (tertiary/aromatic N) is 3. The molecule has 0 aliphatic rings. The van der Waals surface area contributed by atoms with Crippen LogP contribution in [0.15, 0.2) is 53.1 Å². The number of phenols is 3. The molecule has 0 bridgehead atoms. The molecule has 0 aliphatic carbocycles. The van der Waals surface area contributed by atoms with Gasteiger partial charge in [-0.25, -0.2) is 29.3 Å². The van der Waals surface area contributed by atoms with Crippen LogP contribution in [0.1, 0.15) is 248 Å². The molecule has 1 aromatic heterocycles. The van der Waals surface area contributed by atoms with E-state index in [0.717, 1.165) is 91.2 Å². The van der Waals surface area contributed by atoms with Crippen molar-refractivity contribution in [2.75, 3.05) is 19.8 Å². The molecule has 0 aliphatic heterocycles. The highest BCUT2D eigenvalue weighted by Gasteiger charge is 2.30. The molecule has 12 nitrogen and oxygen atoms in total. The van der Waals surface area contributed by atoms with Crippen molar-refractivity contribution in [1.82, 2.24) is 15.0 Å². The van der Waals surface area contributed by atoms with Crippen LogP contribution in [0.3, 0.4) is 0 Å². The molecule has 3 N–H and O–H groups in total. The maximum atomic E-state index is 14.0. The molecule has 0 atom stereocenters. The first-order valence-corrected chi connectivity index (χ1v) is 29.0. The summed E-state index contributed by atoms with van der Waals surface area (Å²) >= 11 is 0. The Morgan fingerprint density at radius 3 is 0.846 bits per heavy atom. The van der Waals surface area contributed by atoms with Crippen molar-refractivity contribution in [1.29, 1.82) is 0 Å². The Morgan fingerprint density at radius 2 is 0.641 bits per heavy atom. The van der Waals surface area contributed by atoms with Gasteiger partial charge in [-0.05, 0) is 151 Å². The van der Waals surface area contributed by atoms with E-state index in [1.807, 2.05) is 62.3 Å². The Hall–Kier alpha value is -6.30. The standard InChI is InChI=1S/C66H93N3O9/c1-16-46(43(10)11)55-49(64(73)76-37-25-19-22-28-40(4)5)31-34-52(58(55)70)61-67-62(53-35-32-50(56(59(53)71)47(17-2)44(12)13)65(74)77-38-26-20-23-29-41(6)7)69-63(68-61)54-36-33-51(57(60(54)72)48(18-3)45(14)15)66(75)78-39-27-21-24-30-42(8)9/h31-36,40-42,70-72H,16-30,37-39H2,1-15H3. The zero-order chi connectivity index (χ0) is 57.8. The van der Waals surface area contributed by atoms with E-state index >= 15 is 0 Å². The van der Waals surface area contributed by atoms with E-state index in [-0.39, 0.29) is 105 Å². The zero-order valence-electron chi connectivity index (χ0n) is 50.1. The first-order valence-electron chi connectivity index (χ1n) is 29.0. The number of esters is 3. The molecule has 0 amide bonds. The van der Waals surface area contributed by atoms with Crippen LogP contribution in [0, 0.1) is 17.8 Å². The summed E-state index contributed by atoms with van der Waals surface area (Å²) in [6.07, 6.45) is 12.7. The summed E-state index contributed by atoms with van der Waals surface area (Å²) in [4.78, 5) is 56.9.